The highest BCUT2D eigenvalue weighted by atomic mass is 16.6. The van der Waals surface area contributed by atoms with E-state index in [4.69, 9.17) is 4.74 Å². The molecule has 0 atom stereocenters. The number of nitrogens with one attached hydrogen (secondary N) is 3. The Balaban J connectivity index is 1.14. The fourth-order valence-electron chi connectivity index (χ4n) is 4.90. The number of carbonyl (C=O) groups is 2. The van der Waals surface area contributed by atoms with Crippen LogP contribution >= 0.6 is 0 Å². The summed E-state index contributed by atoms with van der Waals surface area (Å²) in [5, 5.41) is 6.96. The number of H-pyrrole nitrogens is 1. The highest BCUT2D eigenvalue weighted by molar-refractivity contribution is 6.14. The van der Waals surface area contributed by atoms with E-state index in [2.05, 4.69) is 60.8 Å². The van der Waals surface area contributed by atoms with Crippen molar-refractivity contribution >= 4 is 40.8 Å². The van der Waals surface area contributed by atoms with Gasteiger partial charge in [-0.15, -0.1) is 0 Å². The SMILES string of the molecule is CC(C)(C)OC(=O)N1CCN(c2ccc(-c3cnc4[nH]cc(C=C5N=C(NCC6CC6)NC5=O)c4c3)cc2)CC1. The summed E-state index contributed by atoms with van der Waals surface area (Å²) < 4.78 is 5.51. The lowest BCUT2D eigenvalue weighted by atomic mass is 10.0. The van der Waals surface area contributed by atoms with Crippen LogP contribution in [0.4, 0.5) is 10.5 Å². The molecule has 2 aliphatic heterocycles. The molecule has 0 spiro atoms. The molecule has 3 aromatic rings. The minimum Gasteiger partial charge on any atom is -0.444 e. The van der Waals surface area contributed by atoms with Gasteiger partial charge in [-0.05, 0) is 69.4 Å². The number of aromatic nitrogens is 2. The first-order valence-corrected chi connectivity index (χ1v) is 13.9. The zero-order valence-electron chi connectivity index (χ0n) is 23.2. The smallest absolute Gasteiger partial charge is 0.410 e. The minimum absolute atomic E-state index is 0.209. The Hall–Kier alpha value is -4.34. The van der Waals surface area contributed by atoms with Crippen LogP contribution in [0.3, 0.4) is 0 Å². The number of amides is 2. The van der Waals surface area contributed by atoms with Gasteiger partial charge in [-0.1, -0.05) is 12.1 Å². The van der Waals surface area contributed by atoms with Crippen molar-refractivity contribution in [1.29, 1.82) is 0 Å². The first-order chi connectivity index (χ1) is 19.2. The van der Waals surface area contributed by atoms with Gasteiger partial charge < -0.3 is 24.8 Å². The van der Waals surface area contributed by atoms with E-state index in [0.717, 1.165) is 53.0 Å². The van der Waals surface area contributed by atoms with Gasteiger partial charge in [0, 0.05) is 67.3 Å². The molecular weight excluding hydrogens is 506 g/mol. The monoisotopic (exact) mass is 541 g/mol. The van der Waals surface area contributed by atoms with Gasteiger partial charge in [0.1, 0.15) is 16.9 Å². The normalized spacial score (nSPS) is 18.7. The molecule has 0 radical (unpaired) electrons. The van der Waals surface area contributed by atoms with E-state index in [9.17, 15) is 9.59 Å². The number of pyridine rings is 1. The van der Waals surface area contributed by atoms with Crippen molar-refractivity contribution in [2.24, 2.45) is 10.9 Å². The summed E-state index contributed by atoms with van der Waals surface area (Å²) in [6, 6.07) is 10.5. The van der Waals surface area contributed by atoms with Crippen molar-refractivity contribution in [2.75, 3.05) is 37.6 Å². The van der Waals surface area contributed by atoms with Crippen molar-refractivity contribution in [3.8, 4) is 11.1 Å². The summed E-state index contributed by atoms with van der Waals surface area (Å²) in [7, 11) is 0. The Kier molecular flexibility index (Phi) is 6.69. The van der Waals surface area contributed by atoms with Gasteiger partial charge in [0.25, 0.3) is 5.91 Å². The minimum atomic E-state index is -0.491. The molecule has 1 aliphatic carbocycles. The second-order valence-corrected chi connectivity index (χ2v) is 11.6. The Bertz CT molecular complexity index is 1490. The maximum absolute atomic E-state index is 12.5. The number of anilines is 1. The number of nitrogens with zero attached hydrogens (tertiary/aromatic N) is 4. The quantitative estimate of drug-likeness (QED) is 0.419. The maximum atomic E-state index is 12.5. The number of fused-ring (bicyclic) bond motifs is 1. The predicted octanol–water partition coefficient (Wildman–Crippen LogP) is 4.11. The van der Waals surface area contributed by atoms with Crippen LogP contribution in [-0.2, 0) is 9.53 Å². The van der Waals surface area contributed by atoms with Crippen molar-refractivity contribution in [2.45, 2.75) is 39.2 Å². The average molecular weight is 542 g/mol. The number of guanidine groups is 1. The lowest BCUT2D eigenvalue weighted by Crippen LogP contribution is -2.50. The topological polar surface area (TPSA) is 115 Å². The Morgan fingerprint density at radius 2 is 1.88 bits per heavy atom. The molecule has 2 aromatic heterocycles. The molecule has 10 heteroatoms. The third kappa shape index (κ3) is 5.80. The van der Waals surface area contributed by atoms with Crippen LogP contribution in [0.25, 0.3) is 28.2 Å². The predicted molar refractivity (Wildman–Crippen MR) is 156 cm³/mol. The van der Waals surface area contributed by atoms with Gasteiger partial charge in [0.15, 0.2) is 0 Å². The van der Waals surface area contributed by atoms with E-state index < -0.39 is 5.60 Å². The van der Waals surface area contributed by atoms with Crippen LogP contribution in [0.2, 0.25) is 0 Å². The van der Waals surface area contributed by atoms with Crippen molar-refractivity contribution in [3.05, 3.63) is 54.0 Å². The van der Waals surface area contributed by atoms with Gasteiger partial charge >= 0.3 is 6.09 Å². The number of hydrogen-bond donors (Lipinski definition) is 3. The Labute approximate surface area is 233 Å². The molecule has 40 heavy (non-hydrogen) atoms. The summed E-state index contributed by atoms with van der Waals surface area (Å²) in [6.07, 6.45) is 7.72. The van der Waals surface area contributed by atoms with Crippen LogP contribution in [0, 0.1) is 5.92 Å². The molecule has 10 nitrogen and oxygen atoms in total. The number of hydrogen-bond acceptors (Lipinski definition) is 7. The highest BCUT2D eigenvalue weighted by Crippen LogP contribution is 2.29. The molecule has 1 saturated heterocycles. The molecule has 0 unspecified atom stereocenters. The van der Waals surface area contributed by atoms with Gasteiger partial charge in [0.05, 0.1) is 0 Å². The van der Waals surface area contributed by atoms with E-state index in [-0.39, 0.29) is 12.0 Å². The Morgan fingerprint density at radius 1 is 1.12 bits per heavy atom. The summed E-state index contributed by atoms with van der Waals surface area (Å²) in [4.78, 5) is 41.2. The van der Waals surface area contributed by atoms with Crippen LogP contribution in [-0.4, -0.2) is 71.2 Å². The van der Waals surface area contributed by atoms with Crippen molar-refractivity contribution < 1.29 is 14.3 Å². The number of carbonyl (C=O) groups excluding carboxylic acids is 2. The summed E-state index contributed by atoms with van der Waals surface area (Å²) in [5.41, 5.74) is 4.65. The van der Waals surface area contributed by atoms with E-state index >= 15 is 0 Å². The summed E-state index contributed by atoms with van der Waals surface area (Å²) in [5.74, 6) is 1.00. The molecule has 2 fully saturated rings. The van der Waals surface area contributed by atoms with Crippen molar-refractivity contribution in [1.82, 2.24) is 25.5 Å². The first kappa shape index (κ1) is 25.9. The lowest BCUT2D eigenvalue weighted by Gasteiger charge is -2.36. The number of ether oxygens (including phenoxy) is 1. The highest BCUT2D eigenvalue weighted by Gasteiger charge is 2.27. The van der Waals surface area contributed by atoms with E-state index in [0.29, 0.717) is 30.7 Å². The molecule has 3 N–H and O–H groups in total. The molecule has 0 bridgehead atoms. The van der Waals surface area contributed by atoms with Crippen molar-refractivity contribution in [3.63, 3.8) is 0 Å². The Morgan fingerprint density at radius 3 is 2.58 bits per heavy atom. The number of rotatable bonds is 5. The molecule has 3 aliphatic rings. The molecule has 1 aromatic carbocycles. The summed E-state index contributed by atoms with van der Waals surface area (Å²) >= 11 is 0. The summed E-state index contributed by atoms with van der Waals surface area (Å²) in [6.45, 7) is 9.26. The van der Waals surface area contributed by atoms with Gasteiger partial charge in [-0.2, -0.15) is 0 Å². The second-order valence-electron chi connectivity index (χ2n) is 11.6. The molecule has 4 heterocycles. The fraction of sp³-hybridized carbons (Fsp3) is 0.400. The molecule has 6 rings (SSSR count). The molecule has 2 amide bonds. The van der Waals surface area contributed by atoms with Crippen LogP contribution in [0.15, 0.2) is 53.4 Å². The number of piperazine rings is 1. The van der Waals surface area contributed by atoms with E-state index in [1.807, 2.05) is 33.2 Å². The van der Waals surface area contributed by atoms with Crippen LogP contribution in [0.5, 0.6) is 0 Å². The number of aliphatic imine (C=N–C) groups is 1. The van der Waals surface area contributed by atoms with E-state index in [1.54, 1.807) is 11.0 Å². The molecule has 1 saturated carbocycles. The van der Waals surface area contributed by atoms with Gasteiger partial charge in [-0.3, -0.25) is 10.1 Å². The zero-order valence-corrected chi connectivity index (χ0v) is 23.2. The number of aromatic amines is 1. The third-order valence-electron chi connectivity index (χ3n) is 7.30. The molecule has 208 valence electrons. The largest absolute Gasteiger partial charge is 0.444 e. The van der Waals surface area contributed by atoms with Gasteiger partial charge in [-0.25, -0.2) is 14.8 Å². The fourth-order valence-corrected chi connectivity index (χ4v) is 4.90. The lowest BCUT2D eigenvalue weighted by molar-refractivity contribution is -0.115. The number of benzene rings is 1. The third-order valence-corrected chi connectivity index (χ3v) is 7.30. The van der Waals surface area contributed by atoms with Crippen LogP contribution in [0.1, 0.15) is 39.2 Å². The maximum Gasteiger partial charge on any atom is 0.410 e. The van der Waals surface area contributed by atoms with Gasteiger partial charge in [0.2, 0.25) is 5.96 Å². The standard InChI is InChI=1S/C30H35N7O3/c1-30(2,3)40-29(39)37-12-10-36(11-13-37)23-8-6-20(7-9-23)21-14-24-22(18-32-26(24)31-17-21)15-25-27(38)35-28(34-25)33-16-19-4-5-19/h6-9,14-15,17-19H,4-5,10-13,16H2,1-3H3,(H,31,32)(H2,33,34,35,38). The van der Waals surface area contributed by atoms with Crippen LogP contribution < -0.4 is 15.5 Å². The first-order valence-electron chi connectivity index (χ1n) is 13.9. The average Bonchev–Trinajstić information content (AvgIpc) is 3.59. The van der Waals surface area contributed by atoms with E-state index in [1.165, 1.54) is 12.8 Å². The molecular formula is C30H35N7O3. The zero-order chi connectivity index (χ0) is 27.9. The second kappa shape index (κ2) is 10.3.